The van der Waals surface area contributed by atoms with Crippen molar-refractivity contribution in [3.05, 3.63) is 29.3 Å². The Morgan fingerprint density at radius 3 is 3.00 bits per heavy atom. The zero-order chi connectivity index (χ0) is 13.2. The van der Waals surface area contributed by atoms with Gasteiger partial charge in [-0.3, -0.25) is 0 Å². The lowest BCUT2D eigenvalue weighted by atomic mass is 10.1. The number of hydrogen-bond acceptors (Lipinski definition) is 4. The number of terminal acetylenes is 1. The molecule has 0 heterocycles. The van der Waals surface area contributed by atoms with Gasteiger partial charge >= 0.3 is 0 Å². The summed E-state index contributed by atoms with van der Waals surface area (Å²) < 4.78 is 5.10. The van der Waals surface area contributed by atoms with Gasteiger partial charge in [0.2, 0.25) is 0 Å². The van der Waals surface area contributed by atoms with Crippen LogP contribution in [0.2, 0.25) is 0 Å². The topological polar surface area (TPSA) is 45.0 Å². The zero-order valence-corrected chi connectivity index (χ0v) is 11.2. The van der Waals surface area contributed by atoms with E-state index in [1.807, 2.05) is 18.2 Å². The summed E-state index contributed by atoms with van der Waals surface area (Å²) in [6.45, 7) is 1.65. The Morgan fingerprint density at radius 1 is 1.50 bits per heavy atom. The van der Waals surface area contributed by atoms with E-state index < -0.39 is 0 Å². The highest BCUT2D eigenvalue weighted by atomic mass is 32.2. The van der Waals surface area contributed by atoms with E-state index in [4.69, 9.17) is 16.4 Å². The maximum absolute atomic E-state index is 8.97. The van der Waals surface area contributed by atoms with Crippen LogP contribution in [0.5, 0.6) is 5.75 Å². The molecule has 1 N–H and O–H groups in total. The lowest BCUT2D eigenvalue weighted by Gasteiger charge is -2.07. The molecule has 0 atom stereocenters. The summed E-state index contributed by atoms with van der Waals surface area (Å²) in [5.41, 5.74) is 1.65. The average Bonchev–Trinajstić information content (AvgIpc) is 2.42. The molecule has 94 valence electrons. The van der Waals surface area contributed by atoms with Crippen LogP contribution in [0.25, 0.3) is 0 Å². The number of methoxy groups -OCH3 is 1. The number of hydrogen-bond donors (Lipinski definition) is 1. The minimum Gasteiger partial charge on any atom is -0.495 e. The Labute approximate surface area is 113 Å². The molecule has 1 rings (SSSR count). The molecule has 18 heavy (non-hydrogen) atoms. The predicted molar refractivity (Wildman–Crippen MR) is 75.6 cm³/mol. The SMILES string of the molecule is C#CCSCCNCc1ccc(OC)c(C#N)c1. The maximum atomic E-state index is 8.97. The third kappa shape index (κ3) is 4.71. The predicted octanol–water partition coefficient (Wildman–Crippen LogP) is 2.02. The Balaban J connectivity index is 2.39. The van der Waals surface area contributed by atoms with Gasteiger partial charge in [-0.2, -0.15) is 5.26 Å². The van der Waals surface area contributed by atoms with Crippen molar-refractivity contribution >= 4 is 11.8 Å². The van der Waals surface area contributed by atoms with Crippen LogP contribution in [0.4, 0.5) is 0 Å². The van der Waals surface area contributed by atoms with E-state index in [-0.39, 0.29) is 0 Å². The van der Waals surface area contributed by atoms with E-state index in [0.717, 1.165) is 30.2 Å². The van der Waals surface area contributed by atoms with E-state index in [0.29, 0.717) is 11.3 Å². The first kappa shape index (κ1) is 14.4. The van der Waals surface area contributed by atoms with Gasteiger partial charge in [0.05, 0.1) is 18.4 Å². The summed E-state index contributed by atoms with van der Waals surface area (Å²) in [5, 5.41) is 12.3. The van der Waals surface area contributed by atoms with Crippen molar-refractivity contribution in [2.24, 2.45) is 0 Å². The molecule has 0 aliphatic carbocycles. The van der Waals surface area contributed by atoms with Gasteiger partial charge in [0.15, 0.2) is 0 Å². The fourth-order valence-electron chi connectivity index (χ4n) is 1.46. The van der Waals surface area contributed by atoms with Gasteiger partial charge in [0.1, 0.15) is 11.8 Å². The number of benzene rings is 1. The van der Waals surface area contributed by atoms with Gasteiger partial charge in [-0.1, -0.05) is 12.0 Å². The highest BCUT2D eigenvalue weighted by Crippen LogP contribution is 2.18. The van der Waals surface area contributed by atoms with Crippen LogP contribution >= 0.6 is 11.8 Å². The van der Waals surface area contributed by atoms with Crippen molar-refractivity contribution in [2.45, 2.75) is 6.54 Å². The second-order valence-corrected chi connectivity index (χ2v) is 4.69. The van der Waals surface area contributed by atoms with E-state index in [1.165, 1.54) is 0 Å². The molecule has 0 aliphatic rings. The smallest absolute Gasteiger partial charge is 0.136 e. The number of nitrogens with one attached hydrogen (secondary N) is 1. The van der Waals surface area contributed by atoms with Crippen LogP contribution in [0.1, 0.15) is 11.1 Å². The summed E-state index contributed by atoms with van der Waals surface area (Å²) >= 11 is 1.73. The van der Waals surface area contributed by atoms with Crippen molar-refractivity contribution in [3.8, 4) is 24.2 Å². The van der Waals surface area contributed by atoms with Gasteiger partial charge in [-0.25, -0.2) is 0 Å². The van der Waals surface area contributed by atoms with Gasteiger partial charge in [-0.05, 0) is 17.7 Å². The summed E-state index contributed by atoms with van der Waals surface area (Å²) in [5.74, 6) is 4.95. The third-order valence-corrected chi connectivity index (χ3v) is 3.19. The van der Waals surface area contributed by atoms with Crippen molar-refractivity contribution in [1.82, 2.24) is 5.32 Å². The second-order valence-electron chi connectivity index (χ2n) is 3.58. The summed E-state index contributed by atoms with van der Waals surface area (Å²) in [7, 11) is 1.57. The first-order chi connectivity index (χ1) is 8.81. The number of ether oxygens (including phenoxy) is 1. The quantitative estimate of drug-likeness (QED) is 0.602. The van der Waals surface area contributed by atoms with E-state index in [2.05, 4.69) is 17.3 Å². The van der Waals surface area contributed by atoms with Crippen molar-refractivity contribution in [3.63, 3.8) is 0 Å². The van der Waals surface area contributed by atoms with Crippen molar-refractivity contribution in [2.75, 3.05) is 25.2 Å². The Bertz CT molecular complexity index is 460. The first-order valence-corrected chi connectivity index (χ1v) is 6.76. The van der Waals surface area contributed by atoms with Crippen molar-refractivity contribution < 1.29 is 4.74 Å². The van der Waals surface area contributed by atoms with Crippen LogP contribution in [-0.4, -0.2) is 25.2 Å². The standard InChI is InChI=1S/C14H16N2OS/c1-3-7-18-8-6-16-11-12-4-5-14(17-2)13(9-12)10-15/h1,4-5,9,16H,6-8,11H2,2H3. The van der Waals surface area contributed by atoms with Crippen LogP contribution in [0.15, 0.2) is 18.2 Å². The summed E-state index contributed by atoms with van der Waals surface area (Å²) in [6.07, 6.45) is 5.16. The maximum Gasteiger partial charge on any atom is 0.136 e. The number of rotatable bonds is 7. The molecule has 0 aromatic heterocycles. The van der Waals surface area contributed by atoms with Gasteiger partial charge < -0.3 is 10.1 Å². The minimum absolute atomic E-state index is 0.568. The van der Waals surface area contributed by atoms with E-state index in [1.54, 1.807) is 18.9 Å². The molecule has 1 aromatic rings. The van der Waals surface area contributed by atoms with E-state index >= 15 is 0 Å². The molecule has 0 amide bonds. The number of thioether (sulfide) groups is 1. The fraction of sp³-hybridized carbons (Fsp3) is 0.357. The number of nitrogens with zero attached hydrogens (tertiary/aromatic N) is 1. The molecule has 0 unspecified atom stereocenters. The summed E-state index contributed by atoms with van der Waals surface area (Å²) in [4.78, 5) is 0. The molecule has 1 aromatic carbocycles. The molecular formula is C14H16N2OS. The molecule has 0 saturated heterocycles. The normalized spacial score (nSPS) is 9.50. The van der Waals surface area contributed by atoms with Crippen LogP contribution in [0, 0.1) is 23.7 Å². The highest BCUT2D eigenvalue weighted by Gasteiger charge is 2.03. The Morgan fingerprint density at radius 2 is 2.33 bits per heavy atom. The molecule has 0 aliphatic heterocycles. The molecule has 0 bridgehead atoms. The van der Waals surface area contributed by atoms with Crippen molar-refractivity contribution in [1.29, 1.82) is 5.26 Å². The zero-order valence-electron chi connectivity index (χ0n) is 10.4. The number of nitriles is 1. The molecule has 0 fully saturated rings. The van der Waals surface area contributed by atoms with Gasteiger partial charge in [0.25, 0.3) is 0 Å². The summed E-state index contributed by atoms with van der Waals surface area (Å²) in [6, 6.07) is 7.76. The Hall–Kier alpha value is -1.62. The molecule has 0 saturated carbocycles. The van der Waals surface area contributed by atoms with Crippen LogP contribution in [0.3, 0.4) is 0 Å². The highest BCUT2D eigenvalue weighted by molar-refractivity contribution is 7.99. The lowest BCUT2D eigenvalue weighted by Crippen LogP contribution is -2.16. The molecule has 3 nitrogen and oxygen atoms in total. The van der Waals surface area contributed by atoms with E-state index in [9.17, 15) is 0 Å². The average molecular weight is 260 g/mol. The van der Waals surface area contributed by atoms with Gasteiger partial charge in [0, 0.05) is 18.8 Å². The third-order valence-electron chi connectivity index (χ3n) is 2.32. The second kappa shape index (κ2) is 8.47. The minimum atomic E-state index is 0.568. The molecular weight excluding hydrogens is 244 g/mol. The molecule has 0 spiro atoms. The van der Waals surface area contributed by atoms with Crippen LogP contribution < -0.4 is 10.1 Å². The molecule has 4 heteroatoms. The van der Waals surface area contributed by atoms with Crippen LogP contribution in [-0.2, 0) is 6.54 Å². The van der Waals surface area contributed by atoms with Gasteiger partial charge in [-0.15, -0.1) is 18.2 Å². The monoisotopic (exact) mass is 260 g/mol. The first-order valence-electron chi connectivity index (χ1n) is 5.60. The Kier molecular flexibility index (Phi) is 6.79. The largest absolute Gasteiger partial charge is 0.495 e. The molecule has 0 radical (unpaired) electrons. The lowest BCUT2D eigenvalue weighted by molar-refractivity contribution is 0.413. The fourth-order valence-corrected chi connectivity index (χ4v) is 2.01.